The number of carbonyl (C=O) groups excluding carboxylic acids is 1. The van der Waals surface area contributed by atoms with Crippen molar-refractivity contribution in [3.8, 4) is 0 Å². The van der Waals surface area contributed by atoms with Gasteiger partial charge in [0.25, 0.3) is 5.91 Å². The first-order valence-corrected chi connectivity index (χ1v) is 9.06. The van der Waals surface area contributed by atoms with Gasteiger partial charge in [0, 0.05) is 13.1 Å². The molecule has 2 aromatic carbocycles. The van der Waals surface area contributed by atoms with Crippen LogP contribution in [0, 0.1) is 5.82 Å². The second-order valence-electron chi connectivity index (χ2n) is 6.38. The van der Waals surface area contributed by atoms with Crippen molar-refractivity contribution >= 4 is 40.5 Å². The van der Waals surface area contributed by atoms with Crippen LogP contribution in [-0.2, 0) is 4.74 Å². The Hall–Kier alpha value is -1.82. The van der Waals surface area contributed by atoms with Gasteiger partial charge in [0.2, 0.25) is 0 Å². The van der Waals surface area contributed by atoms with Crippen molar-refractivity contribution in [1.82, 2.24) is 0 Å². The van der Waals surface area contributed by atoms with E-state index in [1.165, 1.54) is 6.07 Å². The summed E-state index contributed by atoms with van der Waals surface area (Å²) in [7, 11) is 0. The van der Waals surface area contributed by atoms with E-state index in [1.54, 1.807) is 6.07 Å². The molecule has 7 heteroatoms. The highest BCUT2D eigenvalue weighted by Crippen LogP contribution is 2.30. The van der Waals surface area contributed by atoms with Gasteiger partial charge in [-0.15, -0.1) is 0 Å². The molecule has 1 heterocycles. The largest absolute Gasteiger partial charge is 0.372 e. The van der Waals surface area contributed by atoms with Gasteiger partial charge >= 0.3 is 0 Å². The maximum atomic E-state index is 13.7. The van der Waals surface area contributed by atoms with Gasteiger partial charge in [-0.25, -0.2) is 4.39 Å². The van der Waals surface area contributed by atoms with E-state index in [-0.39, 0.29) is 27.8 Å². The molecular formula is C19H19Cl2FN2O2. The Bertz CT molecular complexity index is 821. The molecule has 1 aliphatic heterocycles. The number of rotatable bonds is 3. The zero-order valence-electron chi connectivity index (χ0n) is 14.4. The van der Waals surface area contributed by atoms with Gasteiger partial charge in [0.05, 0.1) is 39.2 Å². The quantitative estimate of drug-likeness (QED) is 0.742. The Morgan fingerprint density at radius 2 is 1.81 bits per heavy atom. The molecule has 4 nitrogen and oxygen atoms in total. The van der Waals surface area contributed by atoms with Crippen LogP contribution in [0.2, 0.25) is 10.0 Å². The number of nitrogens with one attached hydrogen (secondary N) is 1. The lowest BCUT2D eigenvalue weighted by molar-refractivity contribution is -0.00517. The van der Waals surface area contributed by atoms with E-state index in [9.17, 15) is 9.18 Å². The fraction of sp³-hybridized carbons (Fsp3) is 0.316. The summed E-state index contributed by atoms with van der Waals surface area (Å²) in [5, 5.41) is 2.80. The number of nitrogens with zero attached hydrogens (tertiary/aromatic N) is 1. The van der Waals surface area contributed by atoms with Crippen molar-refractivity contribution in [2.75, 3.05) is 23.3 Å². The van der Waals surface area contributed by atoms with Crippen molar-refractivity contribution in [2.45, 2.75) is 26.1 Å². The van der Waals surface area contributed by atoms with Crippen molar-refractivity contribution in [2.24, 2.45) is 0 Å². The summed E-state index contributed by atoms with van der Waals surface area (Å²) in [6.07, 6.45) is 0.171. The zero-order valence-corrected chi connectivity index (χ0v) is 15.9. The normalized spacial score (nSPS) is 20.1. The summed E-state index contributed by atoms with van der Waals surface area (Å²) >= 11 is 11.7. The molecule has 0 spiro atoms. The Kier molecular flexibility index (Phi) is 5.70. The molecule has 2 unspecified atom stereocenters. The molecule has 0 radical (unpaired) electrons. The average Bonchev–Trinajstić information content (AvgIpc) is 2.57. The molecule has 0 saturated carbocycles. The topological polar surface area (TPSA) is 41.6 Å². The van der Waals surface area contributed by atoms with E-state index >= 15 is 0 Å². The fourth-order valence-electron chi connectivity index (χ4n) is 3.12. The molecule has 0 aliphatic carbocycles. The van der Waals surface area contributed by atoms with Crippen molar-refractivity contribution in [1.29, 1.82) is 0 Å². The molecule has 2 aromatic rings. The van der Waals surface area contributed by atoms with E-state index in [2.05, 4.69) is 10.2 Å². The van der Waals surface area contributed by atoms with E-state index in [1.807, 2.05) is 32.0 Å². The third kappa shape index (κ3) is 4.11. The van der Waals surface area contributed by atoms with Crippen LogP contribution in [0.15, 0.2) is 36.4 Å². The highest BCUT2D eigenvalue weighted by Gasteiger charge is 2.24. The van der Waals surface area contributed by atoms with Crippen LogP contribution in [0.3, 0.4) is 0 Å². The second kappa shape index (κ2) is 7.82. The molecule has 138 valence electrons. The molecule has 2 atom stereocenters. The van der Waals surface area contributed by atoms with Crippen LogP contribution in [-0.4, -0.2) is 31.2 Å². The van der Waals surface area contributed by atoms with Gasteiger partial charge in [0.1, 0.15) is 5.82 Å². The molecule has 0 aromatic heterocycles. The summed E-state index contributed by atoms with van der Waals surface area (Å²) in [4.78, 5) is 14.8. The predicted molar refractivity (Wildman–Crippen MR) is 103 cm³/mol. The fourth-order valence-corrected chi connectivity index (χ4v) is 3.58. The van der Waals surface area contributed by atoms with Gasteiger partial charge in [-0.05, 0) is 38.1 Å². The third-order valence-corrected chi connectivity index (χ3v) is 4.77. The van der Waals surface area contributed by atoms with Crippen molar-refractivity contribution in [3.05, 3.63) is 57.8 Å². The van der Waals surface area contributed by atoms with Crippen LogP contribution in [0.4, 0.5) is 15.8 Å². The first-order chi connectivity index (χ1) is 12.3. The lowest BCUT2D eigenvalue weighted by Gasteiger charge is -2.37. The molecule has 0 bridgehead atoms. The Labute approximate surface area is 161 Å². The molecule has 1 aliphatic rings. The molecule has 26 heavy (non-hydrogen) atoms. The molecule has 1 N–H and O–H groups in total. The van der Waals surface area contributed by atoms with Crippen LogP contribution >= 0.6 is 23.2 Å². The lowest BCUT2D eigenvalue weighted by Crippen LogP contribution is -2.45. The van der Waals surface area contributed by atoms with Gasteiger partial charge in [-0.1, -0.05) is 35.3 Å². The smallest absolute Gasteiger partial charge is 0.257 e. The molecule has 1 amide bonds. The number of para-hydroxylation sites is 2. The number of hydrogen-bond donors (Lipinski definition) is 1. The number of carbonyl (C=O) groups is 1. The Morgan fingerprint density at radius 1 is 1.15 bits per heavy atom. The summed E-state index contributed by atoms with van der Waals surface area (Å²) in [5.41, 5.74) is 1.55. The summed E-state index contributed by atoms with van der Waals surface area (Å²) < 4.78 is 19.5. The van der Waals surface area contributed by atoms with Crippen LogP contribution in [0.1, 0.15) is 24.2 Å². The van der Waals surface area contributed by atoms with E-state index in [4.69, 9.17) is 27.9 Å². The van der Waals surface area contributed by atoms with Gasteiger partial charge in [-0.2, -0.15) is 0 Å². The van der Waals surface area contributed by atoms with E-state index < -0.39 is 11.7 Å². The number of amides is 1. The highest BCUT2D eigenvalue weighted by atomic mass is 35.5. The molecular weight excluding hydrogens is 378 g/mol. The number of anilines is 2. The van der Waals surface area contributed by atoms with Crippen molar-refractivity contribution < 1.29 is 13.9 Å². The maximum absolute atomic E-state index is 13.7. The minimum atomic E-state index is -0.690. The van der Waals surface area contributed by atoms with Gasteiger partial charge < -0.3 is 15.0 Å². The number of hydrogen-bond acceptors (Lipinski definition) is 3. The second-order valence-corrected chi connectivity index (χ2v) is 7.19. The molecule has 1 saturated heterocycles. The lowest BCUT2D eigenvalue weighted by atomic mass is 10.1. The molecule has 1 fully saturated rings. The van der Waals surface area contributed by atoms with Gasteiger partial charge in [0.15, 0.2) is 0 Å². The first kappa shape index (κ1) is 19.0. The summed E-state index contributed by atoms with van der Waals surface area (Å²) in [5.74, 6) is -1.18. The van der Waals surface area contributed by atoms with E-state index in [0.29, 0.717) is 18.8 Å². The average molecular weight is 397 g/mol. The number of halogens is 3. The highest BCUT2D eigenvalue weighted by molar-refractivity contribution is 6.37. The predicted octanol–water partition coefficient (Wildman–Crippen LogP) is 5.00. The first-order valence-electron chi connectivity index (χ1n) is 8.30. The number of ether oxygens (including phenoxy) is 1. The minimum absolute atomic E-state index is 0.0343. The van der Waals surface area contributed by atoms with Crippen LogP contribution in [0.25, 0.3) is 0 Å². The molecule has 3 rings (SSSR count). The van der Waals surface area contributed by atoms with E-state index in [0.717, 1.165) is 11.8 Å². The van der Waals surface area contributed by atoms with Crippen LogP contribution < -0.4 is 10.2 Å². The maximum Gasteiger partial charge on any atom is 0.257 e. The Morgan fingerprint density at radius 3 is 2.50 bits per heavy atom. The zero-order chi connectivity index (χ0) is 18.8. The standard InChI is InChI=1S/C19H19Cl2FN2O2/c1-11-9-24(10-12(2)26-11)18-6-4-3-5-17(18)23-19(25)13-7-16(22)15(21)8-14(13)20/h3-8,11-12H,9-10H2,1-2H3,(H,23,25). The monoisotopic (exact) mass is 396 g/mol. The van der Waals surface area contributed by atoms with Crippen LogP contribution in [0.5, 0.6) is 0 Å². The number of morpholine rings is 1. The SMILES string of the molecule is CC1CN(c2ccccc2NC(=O)c2cc(F)c(Cl)cc2Cl)CC(C)O1. The number of benzene rings is 2. The Balaban J connectivity index is 1.87. The summed E-state index contributed by atoms with van der Waals surface area (Å²) in [6, 6.07) is 9.75. The minimum Gasteiger partial charge on any atom is -0.372 e. The summed E-state index contributed by atoms with van der Waals surface area (Å²) in [6.45, 7) is 5.46. The van der Waals surface area contributed by atoms with Gasteiger partial charge in [-0.3, -0.25) is 4.79 Å². The van der Waals surface area contributed by atoms with Crippen molar-refractivity contribution in [3.63, 3.8) is 0 Å². The third-order valence-electron chi connectivity index (χ3n) is 4.17.